The molecule has 3 aromatic rings. The fraction of sp³-hybridized carbons (Fsp3) is 0.174. The molecule has 1 unspecified atom stereocenters. The first kappa shape index (κ1) is 20.7. The number of aliphatic hydroxyl groups is 1. The van der Waals surface area contributed by atoms with Crippen molar-refractivity contribution in [2.24, 2.45) is 0 Å². The van der Waals surface area contributed by atoms with E-state index in [4.69, 9.17) is 4.74 Å². The lowest BCUT2D eigenvalue weighted by atomic mass is 9.94. The number of hydrogen-bond donors (Lipinski definition) is 1. The zero-order valence-electron chi connectivity index (χ0n) is 17.0. The molecule has 2 aromatic carbocycles. The smallest absolute Gasteiger partial charge is 0.294 e. The SMILES string of the molecule is COc1ccc(C2C(C(=O)c3sc(C)nc3C)=C(O)C(=O)N2c2ccc(F)cc2)cc1. The van der Waals surface area contributed by atoms with E-state index in [0.29, 0.717) is 32.6 Å². The molecule has 2 heterocycles. The molecule has 1 amide bonds. The maximum atomic E-state index is 13.5. The summed E-state index contributed by atoms with van der Waals surface area (Å²) in [6, 6.07) is 11.3. The van der Waals surface area contributed by atoms with E-state index < -0.39 is 29.3 Å². The second-order valence-corrected chi connectivity index (χ2v) is 8.27. The highest BCUT2D eigenvalue weighted by atomic mass is 32.1. The van der Waals surface area contributed by atoms with E-state index in [9.17, 15) is 19.1 Å². The van der Waals surface area contributed by atoms with Crippen LogP contribution in [-0.4, -0.2) is 28.9 Å². The Kier molecular flexibility index (Phi) is 5.32. The van der Waals surface area contributed by atoms with Gasteiger partial charge in [-0.25, -0.2) is 9.37 Å². The van der Waals surface area contributed by atoms with Gasteiger partial charge in [0.25, 0.3) is 5.91 Å². The molecule has 31 heavy (non-hydrogen) atoms. The largest absolute Gasteiger partial charge is 0.503 e. The first-order valence-electron chi connectivity index (χ1n) is 9.46. The Morgan fingerprint density at radius 3 is 2.32 bits per heavy atom. The van der Waals surface area contributed by atoms with Crippen LogP contribution in [0.25, 0.3) is 0 Å². The molecule has 0 radical (unpaired) electrons. The number of ether oxygens (including phenoxy) is 1. The second-order valence-electron chi connectivity index (χ2n) is 7.07. The van der Waals surface area contributed by atoms with Crippen LogP contribution in [0.2, 0.25) is 0 Å². The predicted octanol–water partition coefficient (Wildman–Crippen LogP) is 4.69. The summed E-state index contributed by atoms with van der Waals surface area (Å²) in [6.07, 6.45) is 0. The number of rotatable bonds is 5. The molecule has 0 aliphatic carbocycles. The Balaban J connectivity index is 1.88. The van der Waals surface area contributed by atoms with Gasteiger partial charge < -0.3 is 9.84 Å². The van der Waals surface area contributed by atoms with Crippen LogP contribution in [0.5, 0.6) is 5.75 Å². The van der Waals surface area contributed by atoms with Crippen molar-refractivity contribution in [2.75, 3.05) is 12.0 Å². The number of carbonyl (C=O) groups is 2. The number of nitrogens with zero attached hydrogens (tertiary/aromatic N) is 2. The molecule has 1 aliphatic rings. The number of aryl methyl sites for hydroxylation is 2. The topological polar surface area (TPSA) is 79.7 Å². The van der Waals surface area contributed by atoms with Gasteiger partial charge in [-0.05, 0) is 55.8 Å². The van der Waals surface area contributed by atoms with E-state index in [1.807, 2.05) is 0 Å². The van der Waals surface area contributed by atoms with Crippen LogP contribution in [-0.2, 0) is 4.79 Å². The van der Waals surface area contributed by atoms with E-state index in [0.717, 1.165) is 0 Å². The average Bonchev–Trinajstić information content (AvgIpc) is 3.24. The summed E-state index contributed by atoms with van der Waals surface area (Å²) in [4.78, 5) is 32.5. The van der Waals surface area contributed by atoms with Crippen molar-refractivity contribution in [3.8, 4) is 5.75 Å². The number of Topliss-reactive ketones (excluding diaryl/α,β-unsaturated/α-hetero) is 1. The van der Waals surface area contributed by atoms with Crippen molar-refractivity contribution in [1.82, 2.24) is 4.98 Å². The number of hydrogen-bond acceptors (Lipinski definition) is 6. The van der Waals surface area contributed by atoms with Gasteiger partial charge >= 0.3 is 0 Å². The minimum Gasteiger partial charge on any atom is -0.503 e. The summed E-state index contributed by atoms with van der Waals surface area (Å²) in [5.74, 6) is -1.66. The number of thiazole rings is 1. The van der Waals surface area contributed by atoms with Gasteiger partial charge in [0.15, 0.2) is 5.76 Å². The number of halogens is 1. The highest BCUT2D eigenvalue weighted by Crippen LogP contribution is 2.43. The molecular formula is C23H19FN2O4S. The molecule has 1 N–H and O–H groups in total. The van der Waals surface area contributed by atoms with Crippen molar-refractivity contribution in [3.05, 3.63) is 86.8 Å². The highest BCUT2D eigenvalue weighted by Gasteiger charge is 2.45. The Labute approximate surface area is 182 Å². The van der Waals surface area contributed by atoms with Gasteiger partial charge in [-0.3, -0.25) is 14.5 Å². The third-order valence-corrected chi connectivity index (χ3v) is 6.17. The summed E-state index contributed by atoms with van der Waals surface area (Å²) in [7, 11) is 1.54. The van der Waals surface area contributed by atoms with Crippen LogP contribution < -0.4 is 9.64 Å². The van der Waals surface area contributed by atoms with Crippen molar-refractivity contribution >= 4 is 28.7 Å². The van der Waals surface area contributed by atoms with Crippen LogP contribution in [0.15, 0.2) is 59.9 Å². The maximum absolute atomic E-state index is 13.5. The number of ketones is 1. The Bertz CT molecular complexity index is 1200. The van der Waals surface area contributed by atoms with E-state index >= 15 is 0 Å². The molecule has 4 rings (SSSR count). The molecule has 6 nitrogen and oxygen atoms in total. The molecule has 0 fully saturated rings. The molecule has 0 saturated heterocycles. The molecule has 158 valence electrons. The summed E-state index contributed by atoms with van der Waals surface area (Å²) in [5.41, 5.74) is 1.46. The second kappa shape index (κ2) is 7.96. The van der Waals surface area contributed by atoms with Gasteiger partial charge in [-0.1, -0.05) is 12.1 Å². The van der Waals surface area contributed by atoms with Crippen LogP contribution in [0.4, 0.5) is 10.1 Å². The Hall–Kier alpha value is -3.52. The molecule has 1 atom stereocenters. The third-order valence-electron chi connectivity index (χ3n) is 5.10. The molecule has 0 bridgehead atoms. The molecule has 0 saturated carbocycles. The lowest BCUT2D eigenvalue weighted by molar-refractivity contribution is -0.117. The van der Waals surface area contributed by atoms with E-state index in [-0.39, 0.29) is 5.57 Å². The summed E-state index contributed by atoms with van der Waals surface area (Å²) in [5, 5.41) is 11.5. The fourth-order valence-corrected chi connectivity index (χ4v) is 4.55. The molecule has 1 aliphatic heterocycles. The zero-order chi connectivity index (χ0) is 22.3. The maximum Gasteiger partial charge on any atom is 0.294 e. The van der Waals surface area contributed by atoms with E-state index in [1.165, 1.54) is 47.6 Å². The fourth-order valence-electron chi connectivity index (χ4n) is 3.67. The molecule has 8 heteroatoms. The van der Waals surface area contributed by atoms with Gasteiger partial charge in [-0.15, -0.1) is 11.3 Å². The lowest BCUT2D eigenvalue weighted by Crippen LogP contribution is -2.31. The predicted molar refractivity (Wildman–Crippen MR) is 115 cm³/mol. The van der Waals surface area contributed by atoms with Gasteiger partial charge in [0, 0.05) is 5.69 Å². The van der Waals surface area contributed by atoms with Crippen LogP contribution in [0.3, 0.4) is 0 Å². The van der Waals surface area contributed by atoms with Crippen molar-refractivity contribution in [1.29, 1.82) is 0 Å². The highest BCUT2D eigenvalue weighted by molar-refractivity contribution is 7.14. The number of aliphatic hydroxyl groups excluding tert-OH is 1. The minimum atomic E-state index is -0.891. The van der Waals surface area contributed by atoms with Crippen molar-refractivity contribution < 1.29 is 23.8 Å². The molecular weight excluding hydrogens is 419 g/mol. The summed E-state index contributed by atoms with van der Waals surface area (Å²) >= 11 is 1.21. The molecule has 0 spiro atoms. The number of anilines is 1. The quantitative estimate of drug-likeness (QED) is 0.585. The van der Waals surface area contributed by atoms with Crippen LogP contribution >= 0.6 is 11.3 Å². The van der Waals surface area contributed by atoms with Gasteiger partial charge in [0.1, 0.15) is 11.6 Å². The van der Waals surface area contributed by atoms with Gasteiger partial charge in [0.05, 0.1) is 34.3 Å². The van der Waals surface area contributed by atoms with E-state index in [1.54, 1.807) is 38.1 Å². The van der Waals surface area contributed by atoms with Crippen molar-refractivity contribution in [3.63, 3.8) is 0 Å². The average molecular weight is 438 g/mol. The van der Waals surface area contributed by atoms with Crippen LogP contribution in [0, 0.1) is 19.7 Å². The minimum absolute atomic E-state index is 0.0359. The first-order valence-corrected chi connectivity index (χ1v) is 10.3. The Morgan fingerprint density at radius 2 is 1.77 bits per heavy atom. The Morgan fingerprint density at radius 1 is 1.13 bits per heavy atom. The monoisotopic (exact) mass is 438 g/mol. The number of amides is 1. The summed E-state index contributed by atoms with van der Waals surface area (Å²) < 4.78 is 18.7. The first-order chi connectivity index (χ1) is 14.8. The van der Waals surface area contributed by atoms with Gasteiger partial charge in [-0.2, -0.15) is 0 Å². The zero-order valence-corrected chi connectivity index (χ0v) is 17.9. The van der Waals surface area contributed by atoms with Gasteiger partial charge in [0.2, 0.25) is 5.78 Å². The lowest BCUT2D eigenvalue weighted by Gasteiger charge is -2.27. The molecule has 1 aromatic heterocycles. The number of benzene rings is 2. The number of carbonyl (C=O) groups excluding carboxylic acids is 2. The van der Waals surface area contributed by atoms with Crippen LogP contribution in [0.1, 0.15) is 32.0 Å². The standard InChI is InChI=1S/C23H19FN2O4S/c1-12-22(31-13(2)25-12)20(27)18-19(14-4-10-17(30-3)11-5-14)26(23(29)21(18)28)16-8-6-15(24)7-9-16/h4-11,19,28H,1-3H3. The number of aromatic nitrogens is 1. The van der Waals surface area contributed by atoms with E-state index in [2.05, 4.69) is 4.98 Å². The number of methoxy groups -OCH3 is 1. The third kappa shape index (κ3) is 3.59. The summed E-state index contributed by atoms with van der Waals surface area (Å²) in [6.45, 7) is 3.50. The van der Waals surface area contributed by atoms with Crippen molar-refractivity contribution in [2.45, 2.75) is 19.9 Å². The normalized spacial score (nSPS) is 16.2.